The van der Waals surface area contributed by atoms with Gasteiger partial charge in [0.15, 0.2) is 0 Å². The second-order valence-corrected chi connectivity index (χ2v) is 8.04. The second-order valence-electron chi connectivity index (χ2n) is 8.04. The molecule has 1 amide bonds. The van der Waals surface area contributed by atoms with Gasteiger partial charge in [-0.05, 0) is 55.2 Å². The molecule has 28 heavy (non-hydrogen) atoms. The van der Waals surface area contributed by atoms with Crippen LogP contribution in [0.3, 0.4) is 0 Å². The van der Waals surface area contributed by atoms with E-state index in [-0.39, 0.29) is 36.6 Å². The van der Waals surface area contributed by atoms with E-state index in [1.807, 2.05) is 12.3 Å². The maximum atomic E-state index is 12.7. The number of anilines is 1. The first-order chi connectivity index (χ1) is 12.7. The summed E-state index contributed by atoms with van der Waals surface area (Å²) in [5.41, 5.74) is 7.45. The van der Waals surface area contributed by atoms with Gasteiger partial charge in [0.25, 0.3) is 0 Å². The lowest BCUT2D eigenvalue weighted by Crippen LogP contribution is -2.49. The maximum absolute atomic E-state index is 12.7. The summed E-state index contributed by atoms with van der Waals surface area (Å²) in [6.45, 7) is 3.79. The highest BCUT2D eigenvalue weighted by Crippen LogP contribution is 2.41. The monoisotopic (exact) mass is 430 g/mol. The number of rotatable bonds is 4. The zero-order chi connectivity index (χ0) is 17.9. The van der Waals surface area contributed by atoms with E-state index in [2.05, 4.69) is 21.3 Å². The Kier molecular flexibility index (Phi) is 8.81. The molecule has 1 aliphatic heterocycles. The minimum Gasteiger partial charge on any atom is -0.378 e. The summed E-state index contributed by atoms with van der Waals surface area (Å²) in [5.74, 6) is 2.36. The van der Waals surface area contributed by atoms with E-state index in [1.54, 1.807) is 0 Å². The molecular weight excluding hydrogens is 399 g/mol. The molecule has 2 aliphatic carbocycles. The summed E-state index contributed by atoms with van der Waals surface area (Å²) in [5, 5.41) is 3.15. The Morgan fingerprint density at radius 1 is 1.21 bits per heavy atom. The van der Waals surface area contributed by atoms with Crippen molar-refractivity contribution < 1.29 is 9.53 Å². The maximum Gasteiger partial charge on any atom is 0.223 e. The molecular formula is C20H32Cl2N4O2. The quantitative estimate of drug-likeness (QED) is 0.766. The van der Waals surface area contributed by atoms with Crippen LogP contribution in [0.15, 0.2) is 18.3 Å². The molecule has 4 rings (SSSR count). The van der Waals surface area contributed by atoms with Gasteiger partial charge < -0.3 is 20.7 Å². The van der Waals surface area contributed by atoms with E-state index in [1.165, 1.54) is 19.3 Å². The summed E-state index contributed by atoms with van der Waals surface area (Å²) in [4.78, 5) is 19.4. The van der Waals surface area contributed by atoms with Gasteiger partial charge in [0, 0.05) is 37.8 Å². The van der Waals surface area contributed by atoms with Crippen molar-refractivity contribution in [2.45, 2.75) is 44.7 Å². The Morgan fingerprint density at radius 3 is 2.57 bits per heavy atom. The number of aromatic nitrogens is 1. The number of halogens is 2. The van der Waals surface area contributed by atoms with Gasteiger partial charge in [0.05, 0.1) is 13.2 Å². The predicted molar refractivity (Wildman–Crippen MR) is 115 cm³/mol. The molecule has 8 heteroatoms. The molecule has 3 fully saturated rings. The van der Waals surface area contributed by atoms with Gasteiger partial charge in [-0.3, -0.25) is 4.79 Å². The van der Waals surface area contributed by atoms with Gasteiger partial charge in [-0.2, -0.15) is 0 Å². The van der Waals surface area contributed by atoms with E-state index in [4.69, 9.17) is 10.5 Å². The number of carbonyl (C=O) groups is 1. The topological polar surface area (TPSA) is 80.5 Å². The van der Waals surface area contributed by atoms with Crippen LogP contribution in [0, 0.1) is 17.8 Å². The summed E-state index contributed by atoms with van der Waals surface area (Å²) >= 11 is 0. The smallest absolute Gasteiger partial charge is 0.223 e. The molecule has 0 spiro atoms. The summed E-state index contributed by atoms with van der Waals surface area (Å²) in [6, 6.07) is 4.37. The number of ether oxygens (including phenoxy) is 1. The third-order valence-electron chi connectivity index (χ3n) is 6.40. The van der Waals surface area contributed by atoms with Crippen LogP contribution < -0.4 is 16.0 Å². The van der Waals surface area contributed by atoms with Crippen LogP contribution in [0.1, 0.15) is 37.7 Å². The van der Waals surface area contributed by atoms with Crippen LogP contribution in [0.4, 0.5) is 5.82 Å². The van der Waals surface area contributed by atoms with Crippen molar-refractivity contribution in [2.24, 2.45) is 23.5 Å². The van der Waals surface area contributed by atoms with E-state index in [0.29, 0.717) is 24.4 Å². The van der Waals surface area contributed by atoms with Gasteiger partial charge >= 0.3 is 0 Å². The Hall–Kier alpha value is -1.08. The Morgan fingerprint density at radius 2 is 1.89 bits per heavy atom. The molecule has 3 N–H and O–H groups in total. The third kappa shape index (κ3) is 5.29. The molecule has 6 nitrogen and oxygen atoms in total. The number of pyridine rings is 1. The number of amides is 1. The molecule has 1 aromatic heterocycles. The van der Waals surface area contributed by atoms with E-state index < -0.39 is 0 Å². The summed E-state index contributed by atoms with van der Waals surface area (Å²) < 4.78 is 5.40. The van der Waals surface area contributed by atoms with Crippen molar-refractivity contribution in [1.82, 2.24) is 10.3 Å². The molecule has 2 atom stereocenters. The van der Waals surface area contributed by atoms with Gasteiger partial charge in [-0.1, -0.05) is 6.42 Å². The lowest BCUT2D eigenvalue weighted by molar-refractivity contribution is -0.128. The standard InChI is InChI=1S/C20H30N4O2.2ClH/c21-19-15-2-1-3-16(19)12-17(11-15)20(25)23-13-14-4-5-22-18(10-14)24-6-8-26-9-7-24;;/h4-5,10,15-17,19H,1-3,6-9,11-13,21H2,(H,23,25);2*1H. The first-order valence-corrected chi connectivity index (χ1v) is 10.0. The fraction of sp³-hybridized carbons (Fsp3) is 0.700. The van der Waals surface area contributed by atoms with Gasteiger partial charge in [-0.25, -0.2) is 4.98 Å². The van der Waals surface area contributed by atoms with E-state index in [9.17, 15) is 4.79 Å². The first-order valence-electron chi connectivity index (χ1n) is 10.0. The normalized spacial score (nSPS) is 29.2. The van der Waals surface area contributed by atoms with Gasteiger partial charge in [-0.15, -0.1) is 24.8 Å². The molecule has 3 aliphatic rings. The van der Waals surface area contributed by atoms with Crippen molar-refractivity contribution in [1.29, 1.82) is 0 Å². The highest BCUT2D eigenvalue weighted by Gasteiger charge is 2.40. The molecule has 1 aromatic rings. The van der Waals surface area contributed by atoms with Crippen LogP contribution in [0.25, 0.3) is 0 Å². The number of morpholine rings is 1. The molecule has 2 bridgehead atoms. The lowest BCUT2D eigenvalue weighted by atomic mass is 9.65. The molecule has 158 valence electrons. The second kappa shape index (κ2) is 10.6. The number of carbonyl (C=O) groups excluding carboxylic acids is 1. The van der Waals surface area contributed by atoms with Crippen molar-refractivity contribution >= 4 is 36.5 Å². The molecule has 2 unspecified atom stereocenters. The number of nitrogens with zero attached hydrogens (tertiary/aromatic N) is 2. The fourth-order valence-corrected chi connectivity index (χ4v) is 4.87. The zero-order valence-corrected chi connectivity index (χ0v) is 17.9. The first kappa shape index (κ1) is 23.2. The molecule has 2 saturated carbocycles. The Bertz CT molecular complexity index is 628. The largest absolute Gasteiger partial charge is 0.378 e. The van der Waals surface area contributed by atoms with Gasteiger partial charge in [0.2, 0.25) is 5.91 Å². The van der Waals surface area contributed by atoms with E-state index in [0.717, 1.165) is 50.5 Å². The number of nitrogens with two attached hydrogens (primary N) is 1. The van der Waals surface area contributed by atoms with Crippen molar-refractivity contribution in [3.63, 3.8) is 0 Å². The van der Waals surface area contributed by atoms with Crippen LogP contribution in [0.5, 0.6) is 0 Å². The highest BCUT2D eigenvalue weighted by atomic mass is 35.5. The Labute approximate surface area is 179 Å². The van der Waals surface area contributed by atoms with Crippen LogP contribution in [-0.2, 0) is 16.1 Å². The summed E-state index contributed by atoms with van der Waals surface area (Å²) in [7, 11) is 0. The zero-order valence-electron chi connectivity index (χ0n) is 16.2. The van der Waals surface area contributed by atoms with Crippen LogP contribution in [0.2, 0.25) is 0 Å². The van der Waals surface area contributed by atoms with Crippen LogP contribution >= 0.6 is 24.8 Å². The molecule has 1 saturated heterocycles. The predicted octanol–water partition coefficient (Wildman–Crippen LogP) is 2.53. The van der Waals surface area contributed by atoms with Crippen molar-refractivity contribution in [3.8, 4) is 0 Å². The summed E-state index contributed by atoms with van der Waals surface area (Å²) in [6.07, 6.45) is 7.40. The molecule has 2 heterocycles. The SMILES string of the molecule is Cl.Cl.NC1C2CCCC1CC(C(=O)NCc1ccnc(N3CCOCC3)c1)C2. The third-order valence-corrected chi connectivity index (χ3v) is 6.40. The highest BCUT2D eigenvalue weighted by molar-refractivity contribution is 5.85. The van der Waals surface area contributed by atoms with Crippen molar-refractivity contribution in [2.75, 3.05) is 31.2 Å². The minimum absolute atomic E-state index is 0. The number of nitrogens with one attached hydrogen (secondary N) is 1. The number of fused-ring (bicyclic) bond motifs is 2. The molecule has 0 radical (unpaired) electrons. The lowest BCUT2D eigenvalue weighted by Gasteiger charge is -2.43. The van der Waals surface area contributed by atoms with Crippen LogP contribution in [-0.4, -0.2) is 43.2 Å². The van der Waals surface area contributed by atoms with Gasteiger partial charge in [0.1, 0.15) is 5.82 Å². The minimum atomic E-state index is 0. The average molecular weight is 431 g/mol. The molecule has 0 aromatic carbocycles. The Balaban J connectivity index is 0.00000140. The van der Waals surface area contributed by atoms with E-state index >= 15 is 0 Å². The van der Waals surface area contributed by atoms with Crippen molar-refractivity contribution in [3.05, 3.63) is 23.9 Å². The number of hydrogen-bond donors (Lipinski definition) is 2. The number of hydrogen-bond acceptors (Lipinski definition) is 5. The average Bonchev–Trinajstić information content (AvgIpc) is 2.67. The fourth-order valence-electron chi connectivity index (χ4n) is 4.87.